The SMILES string of the molecule is [N-]=[N+]=NCCCCCCCOP(=O)(O)COCCn1cnc2c(N)ncnc21. The van der Waals surface area contributed by atoms with Gasteiger partial charge in [-0.25, -0.2) is 15.0 Å². The highest BCUT2D eigenvalue weighted by molar-refractivity contribution is 7.52. The maximum absolute atomic E-state index is 11.9. The van der Waals surface area contributed by atoms with Crippen LogP contribution in [0.1, 0.15) is 32.1 Å². The number of ether oxygens (including phenoxy) is 1. The van der Waals surface area contributed by atoms with Crippen LogP contribution in [0.25, 0.3) is 21.6 Å². The van der Waals surface area contributed by atoms with E-state index in [4.69, 9.17) is 20.5 Å². The second kappa shape index (κ2) is 11.6. The first-order valence-electron chi connectivity index (χ1n) is 9.00. The molecule has 0 spiro atoms. The van der Waals surface area contributed by atoms with E-state index in [1.165, 1.54) is 6.33 Å². The van der Waals surface area contributed by atoms with Gasteiger partial charge < -0.3 is 24.5 Å². The fourth-order valence-electron chi connectivity index (χ4n) is 2.51. The molecule has 2 aromatic heterocycles. The predicted octanol–water partition coefficient (Wildman–Crippen LogP) is 2.85. The molecule has 3 N–H and O–H groups in total. The molecule has 154 valence electrons. The standard InChI is InChI=1S/C15H25N8O4P/c16-14-13-15(19-10-18-14)23(11-20-13)7-9-26-12-28(24,25)27-8-5-3-1-2-4-6-21-22-17/h10-11H,1-9,12H2,(H,24,25)(H2,16,18,19). The maximum atomic E-state index is 11.9. The first-order valence-corrected chi connectivity index (χ1v) is 10.8. The van der Waals surface area contributed by atoms with Gasteiger partial charge in [0.25, 0.3) is 0 Å². The topological polar surface area (TPSA) is 174 Å². The molecular formula is C15H25N8O4P. The van der Waals surface area contributed by atoms with E-state index in [-0.39, 0.29) is 19.6 Å². The summed E-state index contributed by atoms with van der Waals surface area (Å²) in [4.78, 5) is 24.6. The summed E-state index contributed by atoms with van der Waals surface area (Å²) in [7, 11) is -3.77. The number of hydrogen-bond acceptors (Lipinski definition) is 8. The molecule has 12 nitrogen and oxygen atoms in total. The van der Waals surface area contributed by atoms with Gasteiger partial charge in [-0.05, 0) is 18.4 Å². The highest BCUT2D eigenvalue weighted by Crippen LogP contribution is 2.41. The number of azide groups is 1. The first-order chi connectivity index (χ1) is 13.5. The third-order valence-corrected chi connectivity index (χ3v) is 5.01. The van der Waals surface area contributed by atoms with Gasteiger partial charge >= 0.3 is 7.60 Å². The lowest BCUT2D eigenvalue weighted by atomic mass is 10.1. The Kier molecular flexibility index (Phi) is 9.12. The summed E-state index contributed by atoms with van der Waals surface area (Å²) in [6.45, 7) is 1.32. The normalized spacial score (nSPS) is 13.3. The van der Waals surface area contributed by atoms with Crippen LogP contribution < -0.4 is 5.73 Å². The van der Waals surface area contributed by atoms with Gasteiger partial charge in [0.1, 0.15) is 18.2 Å². The fraction of sp³-hybridized carbons (Fsp3) is 0.667. The molecule has 0 aliphatic heterocycles. The van der Waals surface area contributed by atoms with E-state index in [9.17, 15) is 9.46 Å². The number of nitrogens with two attached hydrogens (primary N) is 1. The summed E-state index contributed by atoms with van der Waals surface area (Å²) < 4.78 is 24.0. The molecule has 0 saturated heterocycles. The Labute approximate surface area is 162 Å². The molecule has 0 aromatic carbocycles. The summed E-state index contributed by atoms with van der Waals surface area (Å²) in [5, 5.41) is 3.46. The van der Waals surface area contributed by atoms with Crippen molar-refractivity contribution in [3.05, 3.63) is 23.1 Å². The number of fused-ring (bicyclic) bond motifs is 1. The molecule has 0 fully saturated rings. The summed E-state index contributed by atoms with van der Waals surface area (Å²) in [5.41, 5.74) is 15.0. The Morgan fingerprint density at radius 3 is 2.82 bits per heavy atom. The molecule has 2 rings (SSSR count). The molecule has 28 heavy (non-hydrogen) atoms. The molecule has 1 unspecified atom stereocenters. The van der Waals surface area contributed by atoms with E-state index < -0.39 is 7.60 Å². The van der Waals surface area contributed by atoms with Gasteiger partial charge in [0, 0.05) is 18.0 Å². The number of imidazole rings is 1. The highest BCUT2D eigenvalue weighted by Gasteiger charge is 2.19. The minimum absolute atomic E-state index is 0.203. The van der Waals surface area contributed by atoms with Crippen molar-refractivity contribution in [3.63, 3.8) is 0 Å². The molecule has 0 bridgehead atoms. The third kappa shape index (κ3) is 7.41. The van der Waals surface area contributed by atoms with Crippen molar-refractivity contribution in [3.8, 4) is 0 Å². The van der Waals surface area contributed by atoms with Crippen LogP contribution in [-0.4, -0.2) is 50.5 Å². The fourth-order valence-corrected chi connectivity index (χ4v) is 3.36. The molecule has 2 heterocycles. The molecule has 0 saturated carbocycles. The van der Waals surface area contributed by atoms with Gasteiger partial charge in [0.2, 0.25) is 0 Å². The van der Waals surface area contributed by atoms with Gasteiger partial charge in [-0.15, -0.1) is 0 Å². The second-order valence-electron chi connectivity index (χ2n) is 6.10. The largest absolute Gasteiger partial charge is 0.382 e. The second-order valence-corrected chi connectivity index (χ2v) is 7.89. The predicted molar refractivity (Wildman–Crippen MR) is 103 cm³/mol. The van der Waals surface area contributed by atoms with Crippen molar-refractivity contribution in [2.45, 2.75) is 38.6 Å². The Morgan fingerprint density at radius 2 is 2.00 bits per heavy atom. The molecule has 0 aliphatic rings. The van der Waals surface area contributed by atoms with Gasteiger partial charge in [0.15, 0.2) is 11.5 Å². The van der Waals surface area contributed by atoms with E-state index in [0.29, 0.717) is 36.5 Å². The zero-order valence-electron chi connectivity index (χ0n) is 15.6. The van der Waals surface area contributed by atoms with Crippen molar-refractivity contribution >= 4 is 24.6 Å². The molecule has 13 heteroatoms. The van der Waals surface area contributed by atoms with Crippen molar-refractivity contribution in [1.29, 1.82) is 0 Å². The molecule has 0 radical (unpaired) electrons. The lowest BCUT2D eigenvalue weighted by Crippen LogP contribution is -2.08. The molecule has 1 atom stereocenters. The van der Waals surface area contributed by atoms with E-state index in [1.807, 2.05) is 0 Å². The van der Waals surface area contributed by atoms with Crippen molar-refractivity contribution in [2.75, 3.05) is 31.8 Å². The van der Waals surface area contributed by atoms with E-state index in [0.717, 1.165) is 25.7 Å². The smallest absolute Gasteiger partial charge is 0.353 e. The maximum Gasteiger partial charge on any atom is 0.353 e. The molecule has 0 amide bonds. The van der Waals surface area contributed by atoms with Gasteiger partial charge in [-0.2, -0.15) is 0 Å². The average Bonchev–Trinajstić information content (AvgIpc) is 3.08. The zero-order chi connectivity index (χ0) is 20.2. The Hall–Kier alpha value is -2.23. The van der Waals surface area contributed by atoms with E-state index in [1.54, 1.807) is 10.9 Å². The molecular weight excluding hydrogens is 387 g/mol. The number of unbranched alkanes of at least 4 members (excludes halogenated alkanes) is 4. The van der Waals surface area contributed by atoms with Crippen LogP contribution in [0.2, 0.25) is 0 Å². The number of nitrogens with zero attached hydrogens (tertiary/aromatic N) is 7. The van der Waals surface area contributed by atoms with Crippen LogP contribution in [-0.2, 0) is 20.4 Å². The molecule has 0 aliphatic carbocycles. The lowest BCUT2D eigenvalue weighted by molar-refractivity contribution is 0.137. The van der Waals surface area contributed by atoms with Crippen molar-refractivity contribution in [1.82, 2.24) is 19.5 Å². The van der Waals surface area contributed by atoms with Crippen LogP contribution in [0.3, 0.4) is 0 Å². The first kappa shape index (κ1) is 22.1. The van der Waals surface area contributed by atoms with Crippen LogP contribution >= 0.6 is 7.60 Å². The van der Waals surface area contributed by atoms with Gasteiger partial charge in [-0.3, -0.25) is 4.57 Å². The summed E-state index contributed by atoms with van der Waals surface area (Å²) >= 11 is 0. The van der Waals surface area contributed by atoms with E-state index >= 15 is 0 Å². The van der Waals surface area contributed by atoms with Crippen LogP contribution in [0, 0.1) is 0 Å². The van der Waals surface area contributed by atoms with E-state index in [2.05, 4.69) is 25.0 Å². The van der Waals surface area contributed by atoms with Crippen molar-refractivity contribution < 1.29 is 18.7 Å². The number of anilines is 1. The summed E-state index contributed by atoms with van der Waals surface area (Å²) in [6, 6.07) is 0. The monoisotopic (exact) mass is 412 g/mol. The van der Waals surface area contributed by atoms with Crippen LogP contribution in [0.4, 0.5) is 5.82 Å². The summed E-state index contributed by atoms with van der Waals surface area (Å²) in [6.07, 6.45) is 6.89. The van der Waals surface area contributed by atoms with Gasteiger partial charge in [0.05, 0.1) is 19.5 Å². The Balaban J connectivity index is 1.58. The quantitative estimate of drug-likeness (QED) is 0.156. The van der Waals surface area contributed by atoms with Crippen LogP contribution in [0.5, 0.6) is 0 Å². The Morgan fingerprint density at radius 1 is 1.21 bits per heavy atom. The third-order valence-electron chi connectivity index (χ3n) is 3.92. The number of nitrogen functional groups attached to an aromatic ring is 1. The minimum atomic E-state index is -3.77. The minimum Gasteiger partial charge on any atom is -0.382 e. The molecule has 2 aromatic rings. The number of rotatable bonds is 14. The zero-order valence-corrected chi connectivity index (χ0v) is 16.4. The number of hydrogen-bond donors (Lipinski definition) is 2. The highest BCUT2D eigenvalue weighted by atomic mass is 31.2. The summed E-state index contributed by atoms with van der Waals surface area (Å²) in [5.74, 6) is 0.300. The average molecular weight is 412 g/mol. The number of aromatic nitrogens is 4. The van der Waals surface area contributed by atoms with Crippen LogP contribution in [0.15, 0.2) is 17.8 Å². The van der Waals surface area contributed by atoms with Crippen molar-refractivity contribution in [2.24, 2.45) is 5.11 Å². The van der Waals surface area contributed by atoms with Gasteiger partial charge in [-0.1, -0.05) is 24.4 Å². The Bertz CT molecular complexity index is 839. The lowest BCUT2D eigenvalue weighted by Gasteiger charge is -2.12.